The van der Waals surface area contributed by atoms with E-state index in [9.17, 15) is 9.50 Å². The molecular weight excluding hydrogens is 229 g/mol. The molecule has 1 aromatic rings. The number of rotatable bonds is 6. The molecule has 0 spiro atoms. The van der Waals surface area contributed by atoms with Crippen molar-refractivity contribution in [2.24, 2.45) is 0 Å². The monoisotopic (exact) mass is 245 g/mol. The molecule has 16 heavy (non-hydrogen) atoms. The van der Waals surface area contributed by atoms with Crippen LogP contribution in [0.3, 0.4) is 0 Å². The number of hydrogen-bond donors (Lipinski definition) is 2. The predicted molar refractivity (Wildman–Crippen MR) is 64.0 cm³/mol. The van der Waals surface area contributed by atoms with Gasteiger partial charge in [0.05, 0.1) is 12.7 Å². The van der Waals surface area contributed by atoms with Crippen LogP contribution in [0.1, 0.15) is 6.92 Å². The van der Waals surface area contributed by atoms with Gasteiger partial charge in [0.15, 0.2) is 0 Å². The fourth-order valence-corrected chi connectivity index (χ4v) is 1.95. The molecular formula is C11H16FNO2S. The first-order valence-electron chi connectivity index (χ1n) is 5.07. The lowest BCUT2D eigenvalue weighted by Crippen LogP contribution is -2.17. The number of hydrogen-bond acceptors (Lipinski definition) is 4. The van der Waals surface area contributed by atoms with Gasteiger partial charge in [-0.15, -0.1) is 11.8 Å². The molecule has 0 bridgehead atoms. The van der Waals surface area contributed by atoms with Crippen molar-refractivity contribution in [3.05, 3.63) is 24.0 Å². The standard InChI is InChI=1S/C11H16FNO2S/c1-2-15-6-9(14)7-16-11-4-3-8(13)5-10(11)12/h3-5,9,14H,2,6-7,13H2,1H3. The normalized spacial score (nSPS) is 12.7. The topological polar surface area (TPSA) is 55.5 Å². The Labute approximate surface area is 98.8 Å². The summed E-state index contributed by atoms with van der Waals surface area (Å²) in [6, 6.07) is 4.53. The Morgan fingerprint density at radius 2 is 2.31 bits per heavy atom. The van der Waals surface area contributed by atoms with Gasteiger partial charge < -0.3 is 15.6 Å². The van der Waals surface area contributed by atoms with Gasteiger partial charge in [0.2, 0.25) is 0 Å². The van der Waals surface area contributed by atoms with E-state index in [1.165, 1.54) is 17.8 Å². The second-order valence-corrected chi connectivity index (χ2v) is 4.38. The van der Waals surface area contributed by atoms with Crippen molar-refractivity contribution in [3.8, 4) is 0 Å². The minimum absolute atomic E-state index is 0.278. The van der Waals surface area contributed by atoms with Crippen LogP contribution in [0.4, 0.5) is 10.1 Å². The smallest absolute Gasteiger partial charge is 0.138 e. The molecule has 3 N–H and O–H groups in total. The molecule has 90 valence electrons. The van der Waals surface area contributed by atoms with Crippen LogP contribution in [0.25, 0.3) is 0 Å². The Bertz CT molecular complexity index is 336. The molecule has 0 saturated heterocycles. The summed E-state index contributed by atoms with van der Waals surface area (Å²) >= 11 is 1.25. The van der Waals surface area contributed by atoms with E-state index in [0.717, 1.165) is 0 Å². The largest absolute Gasteiger partial charge is 0.399 e. The summed E-state index contributed by atoms with van der Waals surface area (Å²) in [7, 11) is 0. The second kappa shape index (κ2) is 6.73. The summed E-state index contributed by atoms with van der Waals surface area (Å²) in [5.74, 6) is 0.0505. The van der Waals surface area contributed by atoms with Gasteiger partial charge in [-0.2, -0.15) is 0 Å². The average molecular weight is 245 g/mol. The Morgan fingerprint density at radius 1 is 1.56 bits per heavy atom. The van der Waals surface area contributed by atoms with E-state index in [1.807, 2.05) is 6.92 Å². The Hall–Kier alpha value is -0.780. The molecule has 3 nitrogen and oxygen atoms in total. The van der Waals surface area contributed by atoms with Gasteiger partial charge in [0.1, 0.15) is 5.82 Å². The van der Waals surface area contributed by atoms with Crippen LogP contribution < -0.4 is 5.73 Å². The van der Waals surface area contributed by atoms with E-state index in [-0.39, 0.29) is 12.4 Å². The van der Waals surface area contributed by atoms with Crippen molar-refractivity contribution in [2.45, 2.75) is 17.9 Å². The lowest BCUT2D eigenvalue weighted by atomic mass is 10.3. The molecule has 0 amide bonds. The van der Waals surface area contributed by atoms with Crippen molar-refractivity contribution in [1.29, 1.82) is 0 Å². The number of aliphatic hydroxyl groups is 1. The number of anilines is 1. The zero-order valence-corrected chi connectivity index (χ0v) is 9.97. The molecule has 0 aromatic heterocycles. The molecule has 0 radical (unpaired) electrons. The third-order valence-electron chi connectivity index (χ3n) is 1.90. The van der Waals surface area contributed by atoms with E-state index < -0.39 is 6.10 Å². The van der Waals surface area contributed by atoms with Crippen molar-refractivity contribution < 1.29 is 14.2 Å². The Kier molecular flexibility index (Phi) is 5.59. The second-order valence-electron chi connectivity index (χ2n) is 3.31. The molecule has 1 aromatic carbocycles. The number of ether oxygens (including phenoxy) is 1. The Balaban J connectivity index is 2.42. The number of aliphatic hydroxyl groups excluding tert-OH is 1. The van der Waals surface area contributed by atoms with Crippen LogP contribution in [0.15, 0.2) is 23.1 Å². The third kappa shape index (κ3) is 4.38. The molecule has 0 aliphatic carbocycles. The van der Waals surface area contributed by atoms with Crippen molar-refractivity contribution in [1.82, 2.24) is 0 Å². The zero-order valence-electron chi connectivity index (χ0n) is 9.15. The lowest BCUT2D eigenvalue weighted by molar-refractivity contribution is 0.0551. The quantitative estimate of drug-likeness (QED) is 0.593. The fraction of sp³-hybridized carbons (Fsp3) is 0.455. The summed E-state index contributed by atoms with van der Waals surface area (Å²) < 4.78 is 18.4. The van der Waals surface area contributed by atoms with Gasteiger partial charge in [0.25, 0.3) is 0 Å². The first-order chi connectivity index (χ1) is 7.63. The number of thioether (sulfide) groups is 1. The minimum Gasteiger partial charge on any atom is -0.399 e. The van der Waals surface area contributed by atoms with Gasteiger partial charge in [-0.25, -0.2) is 4.39 Å². The van der Waals surface area contributed by atoms with Gasteiger partial charge >= 0.3 is 0 Å². The summed E-state index contributed by atoms with van der Waals surface area (Å²) in [6.07, 6.45) is -0.582. The van der Waals surface area contributed by atoms with Gasteiger partial charge in [0, 0.05) is 22.9 Å². The highest BCUT2D eigenvalue weighted by Crippen LogP contribution is 2.24. The molecule has 1 atom stereocenters. The minimum atomic E-state index is -0.582. The number of nitrogen functional groups attached to an aromatic ring is 1. The van der Waals surface area contributed by atoms with Crippen molar-refractivity contribution in [2.75, 3.05) is 24.7 Å². The van der Waals surface area contributed by atoms with Crippen LogP contribution >= 0.6 is 11.8 Å². The highest BCUT2D eigenvalue weighted by atomic mass is 32.2. The van der Waals surface area contributed by atoms with Gasteiger partial charge in [-0.3, -0.25) is 0 Å². The molecule has 0 heterocycles. The lowest BCUT2D eigenvalue weighted by Gasteiger charge is -2.10. The maximum absolute atomic E-state index is 13.3. The zero-order chi connectivity index (χ0) is 12.0. The molecule has 0 fully saturated rings. The highest BCUT2D eigenvalue weighted by molar-refractivity contribution is 7.99. The fourth-order valence-electron chi connectivity index (χ4n) is 1.12. The summed E-state index contributed by atoms with van der Waals surface area (Å²) in [6.45, 7) is 2.71. The maximum atomic E-state index is 13.3. The van der Waals surface area contributed by atoms with Crippen molar-refractivity contribution in [3.63, 3.8) is 0 Å². The van der Waals surface area contributed by atoms with Crippen molar-refractivity contribution >= 4 is 17.4 Å². The molecule has 0 saturated carbocycles. The molecule has 1 rings (SSSR count). The van der Waals surface area contributed by atoms with E-state index in [4.69, 9.17) is 10.5 Å². The summed E-state index contributed by atoms with van der Waals surface area (Å²) in [4.78, 5) is 0.491. The third-order valence-corrected chi connectivity index (χ3v) is 3.10. The van der Waals surface area contributed by atoms with Gasteiger partial charge in [-0.1, -0.05) is 0 Å². The van der Waals surface area contributed by atoms with Gasteiger partial charge in [-0.05, 0) is 25.1 Å². The van der Waals surface area contributed by atoms with Crippen LogP contribution in [-0.4, -0.2) is 30.2 Å². The van der Waals surface area contributed by atoms with Crippen LogP contribution in [0, 0.1) is 5.82 Å². The van der Waals surface area contributed by atoms with Crippen LogP contribution in [0.5, 0.6) is 0 Å². The highest BCUT2D eigenvalue weighted by Gasteiger charge is 2.08. The first-order valence-corrected chi connectivity index (χ1v) is 6.05. The predicted octanol–water partition coefficient (Wildman–Crippen LogP) is 1.90. The summed E-state index contributed by atoms with van der Waals surface area (Å²) in [5.41, 5.74) is 5.83. The number of benzene rings is 1. The molecule has 0 aliphatic heterocycles. The average Bonchev–Trinajstić information content (AvgIpc) is 2.25. The van der Waals surface area contributed by atoms with E-state index in [0.29, 0.717) is 22.9 Å². The van der Waals surface area contributed by atoms with Crippen LogP contribution in [-0.2, 0) is 4.74 Å². The van der Waals surface area contributed by atoms with E-state index in [2.05, 4.69) is 0 Å². The first kappa shape index (κ1) is 13.3. The molecule has 0 aliphatic rings. The van der Waals surface area contributed by atoms with E-state index in [1.54, 1.807) is 12.1 Å². The van der Waals surface area contributed by atoms with E-state index >= 15 is 0 Å². The maximum Gasteiger partial charge on any atom is 0.138 e. The SMILES string of the molecule is CCOCC(O)CSc1ccc(N)cc1F. The van der Waals surface area contributed by atoms with Crippen LogP contribution in [0.2, 0.25) is 0 Å². The number of halogens is 1. The number of nitrogens with two attached hydrogens (primary N) is 1. The summed E-state index contributed by atoms with van der Waals surface area (Å²) in [5, 5.41) is 9.49. The molecule has 1 unspecified atom stereocenters. The molecule has 5 heteroatoms. The Morgan fingerprint density at radius 3 is 2.94 bits per heavy atom.